The first-order valence-electron chi connectivity index (χ1n) is 6.57. The number of amides is 1. The van der Waals surface area contributed by atoms with Gasteiger partial charge in [0.05, 0.1) is 11.3 Å². The number of anilines is 1. The summed E-state index contributed by atoms with van der Waals surface area (Å²) in [6.45, 7) is -0.124. The molecule has 1 aromatic rings. The van der Waals surface area contributed by atoms with Crippen LogP contribution in [0.3, 0.4) is 0 Å². The molecule has 3 N–H and O–H groups in total. The predicted octanol–water partition coefficient (Wildman–Crippen LogP) is 2.38. The summed E-state index contributed by atoms with van der Waals surface area (Å²) in [5.41, 5.74) is 6.36. The lowest BCUT2D eigenvalue weighted by Gasteiger charge is -2.31. The number of nitrogens with two attached hydrogens (primary N) is 1. The highest BCUT2D eigenvalue weighted by Gasteiger charge is 2.27. The summed E-state index contributed by atoms with van der Waals surface area (Å²) in [5, 5.41) is 9.13. The minimum Gasteiger partial charge on any atom is -0.480 e. The number of carbonyl (C=O) groups excluding carboxylic acids is 1. The molecule has 1 aliphatic carbocycles. The molecule has 0 bridgehead atoms. The average molecular weight is 341 g/mol. The molecule has 2 rings (SSSR count). The van der Waals surface area contributed by atoms with Crippen LogP contribution < -0.4 is 10.6 Å². The smallest absolute Gasteiger partial charge is 0.323 e. The van der Waals surface area contributed by atoms with E-state index in [2.05, 4.69) is 15.9 Å². The van der Waals surface area contributed by atoms with Crippen LogP contribution >= 0.6 is 15.9 Å². The van der Waals surface area contributed by atoms with Gasteiger partial charge < -0.3 is 15.7 Å². The number of hydrogen-bond donors (Lipinski definition) is 2. The Morgan fingerprint density at radius 1 is 1.35 bits per heavy atom. The van der Waals surface area contributed by atoms with Gasteiger partial charge >= 0.3 is 5.97 Å². The number of carbonyl (C=O) groups is 2. The van der Waals surface area contributed by atoms with Gasteiger partial charge in [-0.1, -0.05) is 28.8 Å². The third-order valence-electron chi connectivity index (χ3n) is 3.61. The Morgan fingerprint density at radius 2 is 2.00 bits per heavy atom. The van der Waals surface area contributed by atoms with E-state index in [4.69, 9.17) is 10.8 Å². The van der Waals surface area contributed by atoms with Crippen LogP contribution in [0.15, 0.2) is 22.7 Å². The number of rotatable bonds is 5. The normalized spacial score (nSPS) is 15.2. The summed E-state index contributed by atoms with van der Waals surface area (Å²) in [5.74, 6) is -1.45. The van der Waals surface area contributed by atoms with Crippen molar-refractivity contribution >= 4 is 33.5 Å². The van der Waals surface area contributed by atoms with Crippen molar-refractivity contribution in [2.45, 2.75) is 31.7 Å². The van der Waals surface area contributed by atoms with Crippen LogP contribution in [0.25, 0.3) is 0 Å². The maximum atomic E-state index is 11.6. The zero-order valence-electron chi connectivity index (χ0n) is 11.0. The minimum absolute atomic E-state index is 0.124. The fraction of sp³-hybridized carbons (Fsp3) is 0.429. The Bertz CT molecular complexity index is 527. The maximum absolute atomic E-state index is 11.6. The molecular weight excluding hydrogens is 324 g/mol. The number of carboxylic acid groups (broad SMARTS) is 1. The van der Waals surface area contributed by atoms with E-state index in [1.165, 1.54) is 0 Å². The predicted molar refractivity (Wildman–Crippen MR) is 79.9 cm³/mol. The zero-order valence-corrected chi connectivity index (χ0v) is 12.6. The fourth-order valence-electron chi connectivity index (χ4n) is 2.72. The van der Waals surface area contributed by atoms with E-state index in [1.807, 2.05) is 0 Å². The van der Waals surface area contributed by atoms with Crippen molar-refractivity contribution in [3.63, 3.8) is 0 Å². The Kier molecular flexibility index (Phi) is 4.65. The summed E-state index contributed by atoms with van der Waals surface area (Å²) in [4.78, 5) is 24.5. The van der Waals surface area contributed by atoms with E-state index in [0.29, 0.717) is 11.3 Å². The van der Waals surface area contributed by atoms with Gasteiger partial charge in [-0.15, -0.1) is 0 Å². The van der Waals surface area contributed by atoms with Crippen molar-refractivity contribution in [1.82, 2.24) is 0 Å². The summed E-state index contributed by atoms with van der Waals surface area (Å²) in [6.07, 6.45) is 4.05. The van der Waals surface area contributed by atoms with Gasteiger partial charge in [0.25, 0.3) is 5.91 Å². The van der Waals surface area contributed by atoms with Crippen LogP contribution in [0.4, 0.5) is 5.69 Å². The van der Waals surface area contributed by atoms with Crippen molar-refractivity contribution < 1.29 is 14.7 Å². The molecule has 1 saturated carbocycles. The molecule has 0 atom stereocenters. The summed E-state index contributed by atoms with van der Waals surface area (Å²) >= 11 is 3.36. The van der Waals surface area contributed by atoms with Crippen LogP contribution in [-0.2, 0) is 4.79 Å². The summed E-state index contributed by atoms with van der Waals surface area (Å²) in [6, 6.07) is 5.28. The van der Waals surface area contributed by atoms with Gasteiger partial charge in [0.1, 0.15) is 6.54 Å². The molecule has 0 unspecified atom stereocenters. The van der Waals surface area contributed by atoms with Crippen LogP contribution in [-0.4, -0.2) is 29.6 Å². The Balaban J connectivity index is 2.43. The number of aliphatic carboxylic acids is 1. The Hall–Kier alpha value is -1.56. The quantitative estimate of drug-likeness (QED) is 0.861. The topological polar surface area (TPSA) is 83.6 Å². The van der Waals surface area contributed by atoms with Crippen LogP contribution in [0.2, 0.25) is 0 Å². The van der Waals surface area contributed by atoms with E-state index >= 15 is 0 Å². The van der Waals surface area contributed by atoms with Crippen LogP contribution in [0, 0.1) is 0 Å². The van der Waals surface area contributed by atoms with E-state index in [9.17, 15) is 9.59 Å². The van der Waals surface area contributed by atoms with Crippen molar-refractivity contribution in [1.29, 1.82) is 0 Å². The monoisotopic (exact) mass is 340 g/mol. The lowest BCUT2D eigenvalue weighted by atomic mass is 10.1. The molecule has 1 aliphatic rings. The molecule has 20 heavy (non-hydrogen) atoms. The number of carboxylic acids is 1. The molecule has 1 fully saturated rings. The highest BCUT2D eigenvalue weighted by Crippen LogP contribution is 2.32. The largest absolute Gasteiger partial charge is 0.480 e. The second-order valence-electron chi connectivity index (χ2n) is 4.99. The molecule has 108 valence electrons. The van der Waals surface area contributed by atoms with Crippen molar-refractivity contribution in [2.75, 3.05) is 11.4 Å². The molecule has 0 saturated heterocycles. The van der Waals surface area contributed by atoms with E-state index in [1.54, 1.807) is 23.1 Å². The van der Waals surface area contributed by atoms with Crippen LogP contribution in [0.5, 0.6) is 0 Å². The first kappa shape index (κ1) is 14.8. The molecule has 0 radical (unpaired) electrons. The molecule has 0 heterocycles. The van der Waals surface area contributed by atoms with Gasteiger partial charge in [0.15, 0.2) is 0 Å². The Labute approximate surface area is 125 Å². The van der Waals surface area contributed by atoms with Crippen molar-refractivity contribution in [3.05, 3.63) is 28.2 Å². The molecule has 0 aliphatic heterocycles. The van der Waals surface area contributed by atoms with E-state index < -0.39 is 11.9 Å². The van der Waals surface area contributed by atoms with Gasteiger partial charge in [0, 0.05) is 10.5 Å². The molecule has 1 amide bonds. The number of hydrogen-bond acceptors (Lipinski definition) is 3. The third kappa shape index (κ3) is 3.30. The molecular formula is C14H17BrN2O3. The van der Waals surface area contributed by atoms with E-state index in [-0.39, 0.29) is 12.6 Å². The van der Waals surface area contributed by atoms with Crippen LogP contribution in [0.1, 0.15) is 36.0 Å². The first-order valence-corrected chi connectivity index (χ1v) is 7.36. The molecule has 5 nitrogen and oxygen atoms in total. The number of primary amides is 1. The summed E-state index contributed by atoms with van der Waals surface area (Å²) < 4.78 is 0.797. The minimum atomic E-state index is -0.910. The number of halogens is 1. The molecule has 0 spiro atoms. The van der Waals surface area contributed by atoms with E-state index in [0.717, 1.165) is 30.2 Å². The van der Waals surface area contributed by atoms with Crippen molar-refractivity contribution in [3.8, 4) is 0 Å². The van der Waals surface area contributed by atoms with Crippen molar-refractivity contribution in [2.24, 2.45) is 5.73 Å². The van der Waals surface area contributed by atoms with Gasteiger partial charge in [-0.25, -0.2) is 0 Å². The van der Waals surface area contributed by atoms with Gasteiger partial charge in [-0.05, 0) is 31.0 Å². The lowest BCUT2D eigenvalue weighted by Crippen LogP contribution is -2.39. The molecule has 0 aromatic heterocycles. The molecule has 6 heteroatoms. The maximum Gasteiger partial charge on any atom is 0.323 e. The van der Waals surface area contributed by atoms with Gasteiger partial charge in [-0.2, -0.15) is 0 Å². The second-order valence-corrected chi connectivity index (χ2v) is 5.90. The fourth-order valence-corrected chi connectivity index (χ4v) is 3.07. The standard InChI is InChI=1S/C14H17BrN2O3/c15-9-5-6-11(14(16)20)12(7-9)17(8-13(18)19)10-3-1-2-4-10/h5-7,10H,1-4,8H2,(H2,16,20)(H,18,19). The zero-order chi connectivity index (χ0) is 14.7. The molecule has 1 aromatic carbocycles. The lowest BCUT2D eigenvalue weighted by molar-refractivity contribution is -0.135. The highest BCUT2D eigenvalue weighted by atomic mass is 79.9. The second kappa shape index (κ2) is 6.26. The first-order chi connectivity index (χ1) is 9.49. The third-order valence-corrected chi connectivity index (χ3v) is 4.10. The number of benzene rings is 1. The SMILES string of the molecule is NC(=O)c1ccc(Br)cc1N(CC(=O)O)C1CCCC1. The van der Waals surface area contributed by atoms with Gasteiger partial charge in [0.2, 0.25) is 0 Å². The highest BCUT2D eigenvalue weighted by molar-refractivity contribution is 9.10. The summed E-state index contributed by atoms with van der Waals surface area (Å²) in [7, 11) is 0. The van der Waals surface area contributed by atoms with Gasteiger partial charge in [-0.3, -0.25) is 9.59 Å². The Morgan fingerprint density at radius 3 is 2.55 bits per heavy atom. The number of nitrogens with zero attached hydrogens (tertiary/aromatic N) is 1. The average Bonchev–Trinajstić information content (AvgIpc) is 2.88.